The second kappa shape index (κ2) is 4.58. The van der Waals surface area contributed by atoms with Crippen LogP contribution < -0.4 is 0 Å². The van der Waals surface area contributed by atoms with Crippen molar-refractivity contribution in [2.75, 3.05) is 6.61 Å². The normalized spacial score (nSPS) is 41.0. The molecule has 0 bridgehead atoms. The zero-order valence-electron chi connectivity index (χ0n) is 11.4. The summed E-state index contributed by atoms with van der Waals surface area (Å²) in [4.78, 5) is 11.1. The maximum atomic E-state index is 11.1. The third-order valence-corrected chi connectivity index (χ3v) is 4.21. The van der Waals surface area contributed by atoms with Gasteiger partial charge in [0.15, 0.2) is 0 Å². The van der Waals surface area contributed by atoms with Crippen molar-refractivity contribution in [2.24, 2.45) is 16.7 Å². The van der Waals surface area contributed by atoms with Gasteiger partial charge in [-0.25, -0.2) is 0 Å². The minimum Gasteiger partial charge on any atom is -0.459 e. The van der Waals surface area contributed by atoms with E-state index < -0.39 is 12.2 Å². The maximum absolute atomic E-state index is 11.1. The molecule has 0 aliphatic heterocycles. The molecule has 1 fully saturated rings. The number of esters is 1. The van der Waals surface area contributed by atoms with Crippen LogP contribution in [0, 0.1) is 16.7 Å². The van der Waals surface area contributed by atoms with E-state index in [1.807, 2.05) is 27.7 Å². The third-order valence-electron chi connectivity index (χ3n) is 4.21. The summed E-state index contributed by atoms with van der Waals surface area (Å²) in [5.74, 6) is -0.480. The molecule has 4 atom stereocenters. The second-order valence-electron chi connectivity index (χ2n) is 6.29. The van der Waals surface area contributed by atoms with Gasteiger partial charge in [-0.1, -0.05) is 27.7 Å². The van der Waals surface area contributed by atoms with Crippen molar-refractivity contribution >= 4 is 5.97 Å². The predicted molar refractivity (Wildman–Crippen MR) is 64.3 cm³/mol. The molecule has 0 heterocycles. The maximum Gasteiger partial charge on any atom is 0.303 e. The molecule has 0 radical (unpaired) electrons. The summed E-state index contributed by atoms with van der Waals surface area (Å²) in [6.07, 6.45) is -0.526. The Morgan fingerprint density at radius 2 is 1.94 bits per heavy atom. The van der Waals surface area contributed by atoms with Gasteiger partial charge in [0.1, 0.15) is 6.10 Å². The van der Waals surface area contributed by atoms with Crippen molar-refractivity contribution in [3.63, 3.8) is 0 Å². The third kappa shape index (κ3) is 2.63. The molecule has 0 amide bonds. The van der Waals surface area contributed by atoms with Gasteiger partial charge < -0.3 is 14.9 Å². The van der Waals surface area contributed by atoms with E-state index in [4.69, 9.17) is 4.74 Å². The monoisotopic (exact) mass is 244 g/mol. The van der Waals surface area contributed by atoms with Crippen LogP contribution >= 0.6 is 0 Å². The molecular formula is C13H24O4. The number of carbonyl (C=O) groups is 1. The van der Waals surface area contributed by atoms with Gasteiger partial charge >= 0.3 is 5.97 Å². The summed E-state index contributed by atoms with van der Waals surface area (Å²) in [6, 6.07) is 0. The molecule has 0 aromatic heterocycles. The molecular weight excluding hydrogens is 220 g/mol. The number of rotatable bonds is 2. The van der Waals surface area contributed by atoms with Crippen molar-refractivity contribution in [1.82, 2.24) is 0 Å². The van der Waals surface area contributed by atoms with E-state index in [9.17, 15) is 15.0 Å². The SMILES string of the molecule is CC(=O)OC1C(O)C(C)C(C)(CO)CC1(C)C. The smallest absolute Gasteiger partial charge is 0.303 e. The first-order valence-corrected chi connectivity index (χ1v) is 6.10. The summed E-state index contributed by atoms with van der Waals surface area (Å²) in [6.45, 7) is 9.17. The fraction of sp³-hybridized carbons (Fsp3) is 0.923. The Bertz CT molecular complexity index is 300. The van der Waals surface area contributed by atoms with Gasteiger partial charge in [-0.2, -0.15) is 0 Å². The van der Waals surface area contributed by atoms with Crippen molar-refractivity contribution in [3.05, 3.63) is 0 Å². The lowest BCUT2D eigenvalue weighted by Gasteiger charge is -2.52. The lowest BCUT2D eigenvalue weighted by Crippen LogP contribution is -2.57. The van der Waals surface area contributed by atoms with Crippen molar-refractivity contribution in [1.29, 1.82) is 0 Å². The average Bonchev–Trinajstić information content (AvgIpc) is 2.21. The van der Waals surface area contributed by atoms with Crippen LogP contribution in [0.4, 0.5) is 0 Å². The van der Waals surface area contributed by atoms with Crippen LogP contribution in [-0.2, 0) is 9.53 Å². The van der Waals surface area contributed by atoms with Gasteiger partial charge in [0, 0.05) is 18.9 Å². The Morgan fingerprint density at radius 1 is 1.41 bits per heavy atom. The number of hydrogen-bond acceptors (Lipinski definition) is 4. The lowest BCUT2D eigenvalue weighted by atomic mass is 9.57. The molecule has 1 aliphatic carbocycles. The van der Waals surface area contributed by atoms with Crippen LogP contribution in [0.1, 0.15) is 41.0 Å². The largest absolute Gasteiger partial charge is 0.459 e. The highest BCUT2D eigenvalue weighted by molar-refractivity contribution is 5.66. The summed E-state index contributed by atoms with van der Waals surface area (Å²) in [7, 11) is 0. The molecule has 17 heavy (non-hydrogen) atoms. The molecule has 1 rings (SSSR count). The zero-order chi connectivity index (χ0) is 13.4. The highest BCUT2D eigenvalue weighted by atomic mass is 16.6. The topological polar surface area (TPSA) is 66.8 Å². The van der Waals surface area contributed by atoms with Gasteiger partial charge in [-0.15, -0.1) is 0 Å². The van der Waals surface area contributed by atoms with Crippen molar-refractivity contribution < 1.29 is 19.7 Å². The van der Waals surface area contributed by atoms with Gasteiger partial charge in [0.25, 0.3) is 0 Å². The first kappa shape index (κ1) is 14.5. The van der Waals surface area contributed by atoms with E-state index >= 15 is 0 Å². The minimum absolute atomic E-state index is 0.0292. The molecule has 100 valence electrons. The Kier molecular flexibility index (Phi) is 3.89. The summed E-state index contributed by atoms with van der Waals surface area (Å²) < 4.78 is 5.26. The second-order valence-corrected chi connectivity index (χ2v) is 6.29. The molecule has 1 aliphatic rings. The Balaban J connectivity index is 3.00. The lowest BCUT2D eigenvalue weighted by molar-refractivity contribution is -0.194. The van der Waals surface area contributed by atoms with E-state index in [-0.39, 0.29) is 29.3 Å². The molecule has 4 heteroatoms. The van der Waals surface area contributed by atoms with E-state index in [1.54, 1.807) is 0 Å². The van der Waals surface area contributed by atoms with Crippen LogP contribution in [0.5, 0.6) is 0 Å². The van der Waals surface area contributed by atoms with Crippen molar-refractivity contribution in [2.45, 2.75) is 53.2 Å². The number of aliphatic hydroxyl groups excluding tert-OH is 2. The van der Waals surface area contributed by atoms with E-state index in [2.05, 4.69) is 0 Å². The standard InChI is InChI=1S/C13H24O4/c1-8-10(16)11(17-9(2)15)12(3,4)6-13(8,5)7-14/h8,10-11,14,16H,6-7H2,1-5H3. The van der Waals surface area contributed by atoms with Gasteiger partial charge in [-0.3, -0.25) is 4.79 Å². The zero-order valence-corrected chi connectivity index (χ0v) is 11.4. The number of ether oxygens (including phenoxy) is 1. The van der Waals surface area contributed by atoms with Crippen LogP contribution in [0.15, 0.2) is 0 Å². The fourth-order valence-corrected chi connectivity index (χ4v) is 3.05. The first-order chi connectivity index (χ1) is 7.64. The minimum atomic E-state index is -0.736. The number of carbonyl (C=O) groups excluding carboxylic acids is 1. The van der Waals surface area contributed by atoms with E-state index in [1.165, 1.54) is 6.92 Å². The molecule has 4 nitrogen and oxygen atoms in total. The van der Waals surface area contributed by atoms with Crippen LogP contribution in [0.25, 0.3) is 0 Å². The van der Waals surface area contributed by atoms with Gasteiger partial charge in [-0.05, 0) is 17.8 Å². The molecule has 0 aromatic rings. The quantitative estimate of drug-likeness (QED) is 0.719. The van der Waals surface area contributed by atoms with Gasteiger partial charge in [0.2, 0.25) is 0 Å². The first-order valence-electron chi connectivity index (χ1n) is 6.10. The number of aliphatic hydroxyl groups is 2. The number of hydrogen-bond donors (Lipinski definition) is 2. The molecule has 4 unspecified atom stereocenters. The highest BCUT2D eigenvalue weighted by Crippen LogP contribution is 2.50. The molecule has 0 aromatic carbocycles. The molecule has 0 saturated heterocycles. The van der Waals surface area contributed by atoms with Crippen LogP contribution in [-0.4, -0.2) is 35.0 Å². The Labute approximate surface area is 103 Å². The summed E-state index contributed by atoms with van der Waals surface area (Å²) in [5, 5.41) is 19.8. The average molecular weight is 244 g/mol. The molecule has 0 spiro atoms. The summed E-state index contributed by atoms with van der Waals surface area (Å²) in [5.41, 5.74) is -0.672. The molecule has 1 saturated carbocycles. The molecule has 2 N–H and O–H groups in total. The fourth-order valence-electron chi connectivity index (χ4n) is 3.05. The van der Waals surface area contributed by atoms with E-state index in [0.29, 0.717) is 6.42 Å². The van der Waals surface area contributed by atoms with Crippen molar-refractivity contribution in [3.8, 4) is 0 Å². The predicted octanol–water partition coefficient (Wildman–Crippen LogP) is 1.34. The van der Waals surface area contributed by atoms with E-state index in [0.717, 1.165) is 0 Å². The van der Waals surface area contributed by atoms with Gasteiger partial charge in [0.05, 0.1) is 6.10 Å². The van der Waals surface area contributed by atoms with Crippen LogP contribution in [0.2, 0.25) is 0 Å². The van der Waals surface area contributed by atoms with Crippen LogP contribution in [0.3, 0.4) is 0 Å². The summed E-state index contributed by atoms with van der Waals surface area (Å²) >= 11 is 0. The highest BCUT2D eigenvalue weighted by Gasteiger charge is 2.53. The Morgan fingerprint density at radius 3 is 2.35 bits per heavy atom. The Hall–Kier alpha value is -0.610.